The zero-order valence-electron chi connectivity index (χ0n) is 12.1. The van der Waals surface area contributed by atoms with Crippen LogP contribution in [-0.2, 0) is 11.2 Å². The fourth-order valence-electron chi connectivity index (χ4n) is 2.83. The van der Waals surface area contributed by atoms with E-state index >= 15 is 0 Å². The van der Waals surface area contributed by atoms with Crippen molar-refractivity contribution in [1.29, 1.82) is 0 Å². The molecule has 2 atom stereocenters. The van der Waals surface area contributed by atoms with Crippen LogP contribution in [0.25, 0.3) is 0 Å². The minimum atomic E-state index is 0.118. The summed E-state index contributed by atoms with van der Waals surface area (Å²) in [5.41, 5.74) is 8.93. The molecule has 0 radical (unpaired) electrons. The molecule has 1 fully saturated rings. The summed E-state index contributed by atoms with van der Waals surface area (Å²) in [6.07, 6.45) is 2.32. The molecule has 0 spiro atoms. The lowest BCUT2D eigenvalue weighted by Crippen LogP contribution is -2.31. The number of nitrogens with zero attached hydrogens (tertiary/aromatic N) is 1. The Bertz CT molecular complexity index is 377. The lowest BCUT2D eigenvalue weighted by Gasteiger charge is -2.21. The molecule has 2 rings (SSSR count). The number of rotatable bonds is 6. The first-order valence-corrected chi connectivity index (χ1v) is 7.28. The number of likely N-dealkylation sites (tertiary alicyclic amines) is 1. The first-order chi connectivity index (χ1) is 9.22. The van der Waals surface area contributed by atoms with Crippen LogP contribution < -0.4 is 5.73 Å². The maximum atomic E-state index is 6.31. The zero-order valence-corrected chi connectivity index (χ0v) is 12.1. The molecule has 1 aromatic rings. The van der Waals surface area contributed by atoms with Gasteiger partial charge in [0.25, 0.3) is 0 Å². The summed E-state index contributed by atoms with van der Waals surface area (Å²) in [4.78, 5) is 2.46. The van der Waals surface area contributed by atoms with E-state index in [0.29, 0.717) is 5.92 Å². The lowest BCUT2D eigenvalue weighted by atomic mass is 10.0. The minimum Gasteiger partial charge on any atom is -0.384 e. The molecule has 3 nitrogen and oxygen atoms in total. The van der Waals surface area contributed by atoms with E-state index in [0.717, 1.165) is 32.7 Å². The van der Waals surface area contributed by atoms with Gasteiger partial charge in [0.1, 0.15) is 0 Å². The number of methoxy groups -OCH3 is 1. The summed E-state index contributed by atoms with van der Waals surface area (Å²) in [5, 5.41) is 0. The fourth-order valence-corrected chi connectivity index (χ4v) is 2.83. The topological polar surface area (TPSA) is 38.5 Å². The molecule has 1 aromatic carbocycles. The van der Waals surface area contributed by atoms with Crippen LogP contribution in [0.1, 0.15) is 30.5 Å². The van der Waals surface area contributed by atoms with Gasteiger partial charge in [-0.05, 0) is 36.4 Å². The maximum Gasteiger partial charge on any atom is 0.0503 e. The van der Waals surface area contributed by atoms with E-state index in [4.69, 9.17) is 10.5 Å². The Labute approximate surface area is 116 Å². The second-order valence-corrected chi connectivity index (χ2v) is 5.57. The number of benzene rings is 1. The molecule has 0 aliphatic carbocycles. The Hall–Kier alpha value is -0.900. The van der Waals surface area contributed by atoms with Gasteiger partial charge >= 0.3 is 0 Å². The molecule has 0 amide bonds. The molecular formula is C16H26N2O. The van der Waals surface area contributed by atoms with Crippen LogP contribution in [-0.4, -0.2) is 38.3 Å². The van der Waals surface area contributed by atoms with Crippen molar-refractivity contribution in [3.05, 3.63) is 35.4 Å². The molecular weight excluding hydrogens is 236 g/mol. The normalized spacial score (nSPS) is 21.7. The van der Waals surface area contributed by atoms with Crippen molar-refractivity contribution in [2.45, 2.75) is 25.8 Å². The van der Waals surface area contributed by atoms with Crippen molar-refractivity contribution in [3.8, 4) is 0 Å². The summed E-state index contributed by atoms with van der Waals surface area (Å²) in [5.74, 6) is 0.680. The van der Waals surface area contributed by atoms with Gasteiger partial charge in [0.15, 0.2) is 0 Å². The lowest BCUT2D eigenvalue weighted by molar-refractivity contribution is 0.152. The highest BCUT2D eigenvalue weighted by molar-refractivity contribution is 5.25. The van der Waals surface area contributed by atoms with E-state index in [2.05, 4.69) is 36.1 Å². The van der Waals surface area contributed by atoms with Crippen LogP contribution in [0.15, 0.2) is 24.3 Å². The Morgan fingerprint density at radius 1 is 1.37 bits per heavy atom. The van der Waals surface area contributed by atoms with Crippen molar-refractivity contribution in [2.24, 2.45) is 11.7 Å². The van der Waals surface area contributed by atoms with Gasteiger partial charge in [0.2, 0.25) is 0 Å². The van der Waals surface area contributed by atoms with Crippen LogP contribution in [0.5, 0.6) is 0 Å². The largest absolute Gasteiger partial charge is 0.384 e. The highest BCUT2D eigenvalue weighted by atomic mass is 16.5. The van der Waals surface area contributed by atoms with Crippen LogP contribution in [0.3, 0.4) is 0 Å². The first-order valence-electron chi connectivity index (χ1n) is 7.28. The second-order valence-electron chi connectivity index (χ2n) is 5.57. The van der Waals surface area contributed by atoms with Crippen molar-refractivity contribution in [1.82, 2.24) is 4.90 Å². The van der Waals surface area contributed by atoms with Crippen molar-refractivity contribution < 1.29 is 4.74 Å². The van der Waals surface area contributed by atoms with Gasteiger partial charge in [0, 0.05) is 26.2 Å². The van der Waals surface area contributed by atoms with Gasteiger partial charge in [-0.25, -0.2) is 0 Å². The molecule has 1 aliphatic rings. The summed E-state index contributed by atoms with van der Waals surface area (Å²) >= 11 is 0. The van der Waals surface area contributed by atoms with E-state index in [1.165, 1.54) is 17.5 Å². The van der Waals surface area contributed by atoms with Crippen LogP contribution in [0.4, 0.5) is 0 Å². The van der Waals surface area contributed by atoms with Gasteiger partial charge in [-0.2, -0.15) is 0 Å². The number of nitrogens with two attached hydrogens (primary N) is 1. The van der Waals surface area contributed by atoms with Gasteiger partial charge in [-0.15, -0.1) is 0 Å². The summed E-state index contributed by atoms with van der Waals surface area (Å²) < 4.78 is 5.23. The second kappa shape index (κ2) is 7.04. The molecule has 2 unspecified atom stereocenters. The highest BCUT2D eigenvalue weighted by Crippen LogP contribution is 2.20. The van der Waals surface area contributed by atoms with Crippen molar-refractivity contribution in [3.63, 3.8) is 0 Å². The van der Waals surface area contributed by atoms with E-state index in [-0.39, 0.29) is 6.04 Å². The average Bonchev–Trinajstić information content (AvgIpc) is 2.86. The van der Waals surface area contributed by atoms with E-state index in [1.54, 1.807) is 7.11 Å². The molecule has 1 heterocycles. The molecule has 1 saturated heterocycles. The number of ether oxygens (including phenoxy) is 1. The molecule has 0 saturated carbocycles. The van der Waals surface area contributed by atoms with Crippen LogP contribution in [0, 0.1) is 5.92 Å². The molecule has 3 heteroatoms. The average molecular weight is 262 g/mol. The third kappa shape index (κ3) is 4.03. The third-order valence-electron chi connectivity index (χ3n) is 4.04. The molecule has 0 bridgehead atoms. The Morgan fingerprint density at radius 3 is 2.74 bits per heavy atom. The van der Waals surface area contributed by atoms with E-state index < -0.39 is 0 Å². The maximum absolute atomic E-state index is 6.31. The predicted octanol–water partition coefficient (Wildman–Crippen LogP) is 2.22. The minimum absolute atomic E-state index is 0.118. The first kappa shape index (κ1) is 14.5. The summed E-state index contributed by atoms with van der Waals surface area (Å²) in [6, 6.07) is 8.84. The monoisotopic (exact) mass is 262 g/mol. The van der Waals surface area contributed by atoms with Crippen LogP contribution in [0.2, 0.25) is 0 Å². The zero-order chi connectivity index (χ0) is 13.7. The van der Waals surface area contributed by atoms with Gasteiger partial charge < -0.3 is 15.4 Å². The molecule has 2 N–H and O–H groups in total. The third-order valence-corrected chi connectivity index (χ3v) is 4.04. The molecule has 106 valence electrons. The molecule has 19 heavy (non-hydrogen) atoms. The van der Waals surface area contributed by atoms with Gasteiger partial charge in [-0.1, -0.05) is 31.2 Å². The SMILES string of the molecule is CCc1ccc(C(N)CN2CCC(COC)C2)cc1. The van der Waals surface area contributed by atoms with Crippen molar-refractivity contribution in [2.75, 3.05) is 33.4 Å². The summed E-state index contributed by atoms with van der Waals surface area (Å²) in [6.45, 7) is 6.26. The predicted molar refractivity (Wildman–Crippen MR) is 79.2 cm³/mol. The van der Waals surface area contributed by atoms with Gasteiger partial charge in [-0.3, -0.25) is 0 Å². The Kier molecular flexibility index (Phi) is 5.37. The number of aryl methyl sites for hydroxylation is 1. The standard InChI is InChI=1S/C16H26N2O/c1-3-13-4-6-15(7-5-13)16(17)11-18-9-8-14(10-18)12-19-2/h4-7,14,16H,3,8-12,17H2,1-2H3. The number of hydrogen-bond donors (Lipinski definition) is 1. The fraction of sp³-hybridized carbons (Fsp3) is 0.625. The van der Waals surface area contributed by atoms with Crippen LogP contribution >= 0.6 is 0 Å². The molecule has 0 aromatic heterocycles. The number of hydrogen-bond acceptors (Lipinski definition) is 3. The quantitative estimate of drug-likeness (QED) is 0.854. The van der Waals surface area contributed by atoms with Gasteiger partial charge in [0.05, 0.1) is 6.61 Å². The summed E-state index contributed by atoms with van der Waals surface area (Å²) in [7, 11) is 1.78. The smallest absolute Gasteiger partial charge is 0.0503 e. The van der Waals surface area contributed by atoms with E-state index in [9.17, 15) is 0 Å². The molecule has 1 aliphatic heterocycles. The Morgan fingerprint density at radius 2 is 2.11 bits per heavy atom. The van der Waals surface area contributed by atoms with E-state index in [1.807, 2.05) is 0 Å². The van der Waals surface area contributed by atoms with Crippen molar-refractivity contribution >= 4 is 0 Å². The Balaban J connectivity index is 1.85. The highest BCUT2D eigenvalue weighted by Gasteiger charge is 2.23.